The first-order chi connectivity index (χ1) is 8.24. The molecule has 4 heteroatoms. The summed E-state index contributed by atoms with van der Waals surface area (Å²) in [6.45, 7) is 4.11. The molecule has 0 atom stereocenters. The van der Waals surface area contributed by atoms with Crippen LogP contribution in [0.3, 0.4) is 0 Å². The van der Waals surface area contributed by atoms with Crippen molar-refractivity contribution < 1.29 is 8.78 Å². The zero-order chi connectivity index (χ0) is 12.5. The minimum Gasteiger partial charge on any atom is -0.316 e. The highest BCUT2D eigenvalue weighted by molar-refractivity contribution is 7.99. The van der Waals surface area contributed by atoms with Crippen molar-refractivity contribution in [2.24, 2.45) is 0 Å². The summed E-state index contributed by atoms with van der Waals surface area (Å²) < 4.78 is 25.6. The molecule has 0 aliphatic carbocycles. The third-order valence-corrected chi connectivity index (χ3v) is 3.39. The second-order valence-electron chi connectivity index (χ2n) is 3.88. The van der Waals surface area contributed by atoms with Gasteiger partial charge in [0.25, 0.3) is 0 Å². The maximum Gasteiger partial charge on any atom is 0.159 e. The lowest BCUT2D eigenvalue weighted by Crippen LogP contribution is -2.18. The number of hydrogen-bond acceptors (Lipinski definition) is 2. The van der Waals surface area contributed by atoms with Gasteiger partial charge in [0, 0.05) is 17.2 Å². The van der Waals surface area contributed by atoms with E-state index >= 15 is 0 Å². The molecule has 0 bridgehead atoms. The topological polar surface area (TPSA) is 12.0 Å². The van der Waals surface area contributed by atoms with Crippen LogP contribution in [0.4, 0.5) is 8.78 Å². The van der Waals surface area contributed by atoms with E-state index in [1.807, 2.05) is 0 Å². The van der Waals surface area contributed by atoms with Crippen LogP contribution in [-0.4, -0.2) is 18.8 Å². The first-order valence-corrected chi connectivity index (χ1v) is 7.01. The Labute approximate surface area is 106 Å². The van der Waals surface area contributed by atoms with E-state index in [1.54, 1.807) is 6.07 Å². The van der Waals surface area contributed by atoms with Crippen LogP contribution >= 0.6 is 11.8 Å². The van der Waals surface area contributed by atoms with E-state index in [-0.39, 0.29) is 0 Å². The molecule has 17 heavy (non-hydrogen) atoms. The average molecular weight is 259 g/mol. The first-order valence-electron chi connectivity index (χ1n) is 6.02. The molecule has 0 heterocycles. The molecule has 0 saturated carbocycles. The second-order valence-corrected chi connectivity index (χ2v) is 5.05. The van der Waals surface area contributed by atoms with Gasteiger partial charge in [-0.3, -0.25) is 0 Å². The van der Waals surface area contributed by atoms with Gasteiger partial charge in [-0.2, -0.15) is 0 Å². The number of unbranched alkanes of at least 4 members (excludes halogenated alkanes) is 2. The van der Waals surface area contributed by atoms with Gasteiger partial charge in [0.15, 0.2) is 11.6 Å². The van der Waals surface area contributed by atoms with E-state index in [0.717, 1.165) is 23.7 Å². The summed E-state index contributed by atoms with van der Waals surface area (Å²) in [5, 5.41) is 3.33. The Balaban J connectivity index is 2.11. The second kappa shape index (κ2) is 8.48. The van der Waals surface area contributed by atoms with Gasteiger partial charge in [-0.05, 0) is 31.2 Å². The smallest absolute Gasteiger partial charge is 0.159 e. The zero-order valence-corrected chi connectivity index (χ0v) is 11.0. The highest BCUT2D eigenvalue weighted by Gasteiger charge is 2.02. The van der Waals surface area contributed by atoms with Crippen molar-refractivity contribution in [2.75, 3.05) is 18.8 Å². The summed E-state index contributed by atoms with van der Waals surface area (Å²) in [5.41, 5.74) is 0. The number of rotatable bonds is 8. The fraction of sp³-hybridized carbons (Fsp3) is 0.538. The van der Waals surface area contributed by atoms with Crippen molar-refractivity contribution >= 4 is 11.8 Å². The van der Waals surface area contributed by atoms with Crippen LogP contribution in [0.15, 0.2) is 23.1 Å². The van der Waals surface area contributed by atoms with Crippen molar-refractivity contribution in [1.29, 1.82) is 0 Å². The van der Waals surface area contributed by atoms with Crippen molar-refractivity contribution in [3.63, 3.8) is 0 Å². The van der Waals surface area contributed by atoms with Gasteiger partial charge in [-0.25, -0.2) is 8.78 Å². The predicted octanol–water partition coefficient (Wildman–Crippen LogP) is 3.84. The molecule has 0 spiro atoms. The number of thioether (sulfide) groups is 1. The molecule has 0 unspecified atom stereocenters. The fourth-order valence-corrected chi connectivity index (χ4v) is 2.27. The Kier molecular flexibility index (Phi) is 7.21. The van der Waals surface area contributed by atoms with Gasteiger partial charge >= 0.3 is 0 Å². The molecule has 0 aromatic heterocycles. The Morgan fingerprint density at radius 3 is 2.65 bits per heavy atom. The highest BCUT2D eigenvalue weighted by Crippen LogP contribution is 2.19. The average Bonchev–Trinajstić information content (AvgIpc) is 2.32. The molecule has 0 saturated heterocycles. The molecule has 96 valence electrons. The van der Waals surface area contributed by atoms with Crippen molar-refractivity contribution in [3.05, 3.63) is 29.8 Å². The van der Waals surface area contributed by atoms with E-state index in [1.165, 1.54) is 43.2 Å². The predicted molar refractivity (Wildman–Crippen MR) is 69.5 cm³/mol. The van der Waals surface area contributed by atoms with E-state index in [4.69, 9.17) is 0 Å². The number of hydrogen-bond donors (Lipinski definition) is 1. The third-order valence-electron chi connectivity index (χ3n) is 2.40. The monoisotopic (exact) mass is 259 g/mol. The maximum absolute atomic E-state index is 12.9. The Morgan fingerprint density at radius 1 is 1.12 bits per heavy atom. The lowest BCUT2D eigenvalue weighted by atomic mass is 10.2. The molecular formula is C13H19F2NS. The maximum atomic E-state index is 12.9. The number of nitrogens with one attached hydrogen (secondary N) is 1. The largest absolute Gasteiger partial charge is 0.316 e. The van der Waals surface area contributed by atoms with E-state index in [2.05, 4.69) is 12.2 Å². The van der Waals surface area contributed by atoms with Crippen LogP contribution in [0.25, 0.3) is 0 Å². The molecule has 1 aromatic rings. The Hall–Kier alpha value is -0.610. The lowest BCUT2D eigenvalue weighted by Gasteiger charge is -2.04. The van der Waals surface area contributed by atoms with Gasteiger partial charge in [0.1, 0.15) is 0 Å². The molecule has 1 rings (SSSR count). The molecule has 0 radical (unpaired) electrons. The fourth-order valence-electron chi connectivity index (χ4n) is 1.43. The molecule has 0 aliphatic rings. The van der Waals surface area contributed by atoms with Crippen LogP contribution < -0.4 is 5.32 Å². The summed E-state index contributed by atoms with van der Waals surface area (Å²) in [6, 6.07) is 4.03. The Morgan fingerprint density at radius 2 is 1.94 bits per heavy atom. The number of benzene rings is 1. The molecule has 0 aliphatic heterocycles. The summed E-state index contributed by atoms with van der Waals surface area (Å²) in [4.78, 5) is 0.777. The molecule has 0 amide bonds. The van der Waals surface area contributed by atoms with Crippen LogP contribution in [0.2, 0.25) is 0 Å². The van der Waals surface area contributed by atoms with Crippen LogP contribution in [0.1, 0.15) is 26.2 Å². The van der Waals surface area contributed by atoms with E-state index < -0.39 is 11.6 Å². The number of halogens is 2. The van der Waals surface area contributed by atoms with Crippen molar-refractivity contribution in [3.8, 4) is 0 Å². The molecule has 1 nitrogen and oxygen atoms in total. The Bertz CT molecular complexity index is 331. The molecular weight excluding hydrogens is 240 g/mol. The molecule has 0 fully saturated rings. The van der Waals surface area contributed by atoms with Crippen LogP contribution in [-0.2, 0) is 0 Å². The van der Waals surface area contributed by atoms with Gasteiger partial charge in [-0.15, -0.1) is 11.8 Å². The SMILES string of the molecule is CCCCCNCCSc1ccc(F)c(F)c1. The summed E-state index contributed by atoms with van der Waals surface area (Å²) in [7, 11) is 0. The quantitative estimate of drug-likeness (QED) is 0.562. The summed E-state index contributed by atoms with van der Waals surface area (Å²) >= 11 is 1.54. The first kappa shape index (κ1) is 14.5. The van der Waals surface area contributed by atoms with E-state index in [0.29, 0.717) is 0 Å². The highest BCUT2D eigenvalue weighted by atomic mass is 32.2. The normalized spacial score (nSPS) is 10.8. The minimum atomic E-state index is -0.785. The van der Waals surface area contributed by atoms with E-state index in [9.17, 15) is 8.78 Å². The molecule has 1 aromatic carbocycles. The third kappa shape index (κ3) is 6.03. The molecule has 1 N–H and O–H groups in total. The minimum absolute atomic E-state index is 0.772. The summed E-state index contributed by atoms with van der Waals surface area (Å²) in [6.07, 6.45) is 3.68. The summed E-state index contributed by atoms with van der Waals surface area (Å²) in [5.74, 6) is -0.685. The standard InChI is InChI=1S/C13H19F2NS/c1-2-3-4-7-16-8-9-17-11-5-6-12(14)13(15)10-11/h5-6,10,16H,2-4,7-9H2,1H3. The van der Waals surface area contributed by atoms with Gasteiger partial charge in [0.2, 0.25) is 0 Å². The van der Waals surface area contributed by atoms with Crippen LogP contribution in [0, 0.1) is 11.6 Å². The zero-order valence-electron chi connectivity index (χ0n) is 10.1. The van der Waals surface area contributed by atoms with Gasteiger partial charge in [0.05, 0.1) is 0 Å². The van der Waals surface area contributed by atoms with Gasteiger partial charge in [-0.1, -0.05) is 19.8 Å². The van der Waals surface area contributed by atoms with Crippen LogP contribution in [0.5, 0.6) is 0 Å². The van der Waals surface area contributed by atoms with Crippen molar-refractivity contribution in [1.82, 2.24) is 5.32 Å². The van der Waals surface area contributed by atoms with Gasteiger partial charge < -0.3 is 5.32 Å². The van der Waals surface area contributed by atoms with Crippen molar-refractivity contribution in [2.45, 2.75) is 31.1 Å². The lowest BCUT2D eigenvalue weighted by molar-refractivity contribution is 0.506.